The summed E-state index contributed by atoms with van der Waals surface area (Å²) in [7, 11) is 0. The molecular formula is C17H21N3O2S. The van der Waals surface area contributed by atoms with Crippen LogP contribution in [-0.4, -0.2) is 34.8 Å². The van der Waals surface area contributed by atoms with E-state index in [-0.39, 0.29) is 18.4 Å². The molecule has 0 radical (unpaired) electrons. The number of amides is 2. The van der Waals surface area contributed by atoms with Crippen molar-refractivity contribution in [2.24, 2.45) is 0 Å². The van der Waals surface area contributed by atoms with Crippen LogP contribution in [0.15, 0.2) is 30.5 Å². The van der Waals surface area contributed by atoms with Gasteiger partial charge in [-0.15, -0.1) is 11.3 Å². The SMILES string of the molecule is CCCN(CC(=O)Nc1ncc(C)s1)C(=O)c1ccc(C)cc1. The Morgan fingerprint density at radius 2 is 1.91 bits per heavy atom. The van der Waals surface area contributed by atoms with Crippen LogP contribution in [0.4, 0.5) is 5.13 Å². The van der Waals surface area contributed by atoms with Crippen molar-refractivity contribution in [2.75, 3.05) is 18.4 Å². The van der Waals surface area contributed by atoms with Crippen molar-refractivity contribution in [2.45, 2.75) is 27.2 Å². The molecule has 0 saturated heterocycles. The largest absolute Gasteiger partial charge is 0.329 e. The summed E-state index contributed by atoms with van der Waals surface area (Å²) in [5.74, 6) is -0.356. The molecule has 0 aliphatic heterocycles. The van der Waals surface area contributed by atoms with E-state index in [1.54, 1.807) is 23.2 Å². The first-order valence-electron chi connectivity index (χ1n) is 7.58. The van der Waals surface area contributed by atoms with Crippen molar-refractivity contribution in [3.05, 3.63) is 46.5 Å². The predicted molar refractivity (Wildman–Crippen MR) is 92.9 cm³/mol. The van der Waals surface area contributed by atoms with Gasteiger partial charge in [0.05, 0.1) is 0 Å². The molecule has 23 heavy (non-hydrogen) atoms. The monoisotopic (exact) mass is 331 g/mol. The number of nitrogens with zero attached hydrogens (tertiary/aromatic N) is 2. The normalized spacial score (nSPS) is 10.4. The third-order valence-electron chi connectivity index (χ3n) is 3.28. The first kappa shape index (κ1) is 17.1. The van der Waals surface area contributed by atoms with Crippen LogP contribution in [0.25, 0.3) is 0 Å². The quantitative estimate of drug-likeness (QED) is 0.884. The van der Waals surface area contributed by atoms with Gasteiger partial charge >= 0.3 is 0 Å². The van der Waals surface area contributed by atoms with Gasteiger partial charge in [-0.05, 0) is 32.4 Å². The number of carbonyl (C=O) groups is 2. The van der Waals surface area contributed by atoms with Crippen molar-refractivity contribution in [1.82, 2.24) is 9.88 Å². The number of thiazole rings is 1. The molecular weight excluding hydrogens is 310 g/mol. The lowest BCUT2D eigenvalue weighted by Gasteiger charge is -2.21. The van der Waals surface area contributed by atoms with E-state index in [4.69, 9.17) is 0 Å². The molecule has 0 aliphatic rings. The Balaban J connectivity index is 2.03. The van der Waals surface area contributed by atoms with E-state index in [0.717, 1.165) is 16.9 Å². The molecule has 1 aromatic carbocycles. The molecule has 2 aromatic rings. The van der Waals surface area contributed by atoms with Gasteiger partial charge in [0.15, 0.2) is 5.13 Å². The first-order valence-corrected chi connectivity index (χ1v) is 8.39. The van der Waals surface area contributed by atoms with Gasteiger partial charge in [-0.25, -0.2) is 4.98 Å². The second-order valence-corrected chi connectivity index (χ2v) is 6.65. The molecule has 0 fully saturated rings. The second kappa shape index (κ2) is 7.87. The molecule has 6 heteroatoms. The van der Waals surface area contributed by atoms with Crippen molar-refractivity contribution in [1.29, 1.82) is 0 Å². The average Bonchev–Trinajstić information content (AvgIpc) is 2.92. The van der Waals surface area contributed by atoms with E-state index in [0.29, 0.717) is 17.2 Å². The zero-order valence-corrected chi connectivity index (χ0v) is 14.4. The molecule has 2 amide bonds. The molecule has 5 nitrogen and oxygen atoms in total. The Hall–Kier alpha value is -2.21. The molecule has 0 unspecified atom stereocenters. The maximum atomic E-state index is 12.6. The van der Waals surface area contributed by atoms with E-state index in [9.17, 15) is 9.59 Å². The highest BCUT2D eigenvalue weighted by molar-refractivity contribution is 7.15. The molecule has 0 aliphatic carbocycles. The minimum atomic E-state index is -0.228. The lowest BCUT2D eigenvalue weighted by molar-refractivity contribution is -0.116. The molecule has 2 rings (SSSR count). The number of anilines is 1. The number of nitrogens with one attached hydrogen (secondary N) is 1. The van der Waals surface area contributed by atoms with E-state index in [1.807, 2.05) is 32.9 Å². The average molecular weight is 331 g/mol. The van der Waals surface area contributed by atoms with Crippen LogP contribution < -0.4 is 5.32 Å². The Bertz CT molecular complexity index is 679. The fourth-order valence-corrected chi connectivity index (χ4v) is 2.83. The molecule has 0 saturated carbocycles. The summed E-state index contributed by atoms with van der Waals surface area (Å²) in [6.45, 7) is 6.45. The Labute approximate surface area is 140 Å². The summed E-state index contributed by atoms with van der Waals surface area (Å²) in [5, 5.41) is 3.30. The predicted octanol–water partition coefficient (Wildman–Crippen LogP) is 3.25. The standard InChI is InChI=1S/C17H21N3O2S/c1-4-9-20(16(22)14-7-5-12(2)6-8-14)11-15(21)19-17-18-10-13(3)23-17/h5-8,10H,4,9,11H2,1-3H3,(H,18,19,21). The van der Waals surface area contributed by atoms with Gasteiger partial charge in [0, 0.05) is 23.2 Å². The van der Waals surface area contributed by atoms with Crippen molar-refractivity contribution >= 4 is 28.3 Å². The van der Waals surface area contributed by atoms with Crippen molar-refractivity contribution in [3.8, 4) is 0 Å². The highest BCUT2D eigenvalue weighted by atomic mass is 32.1. The van der Waals surface area contributed by atoms with Gasteiger partial charge in [0.25, 0.3) is 5.91 Å². The first-order chi connectivity index (χ1) is 11.0. The third-order valence-corrected chi connectivity index (χ3v) is 4.11. The number of carbonyl (C=O) groups excluding carboxylic acids is 2. The van der Waals surface area contributed by atoms with Gasteiger partial charge in [-0.3, -0.25) is 9.59 Å². The summed E-state index contributed by atoms with van der Waals surface area (Å²) < 4.78 is 0. The highest BCUT2D eigenvalue weighted by Crippen LogP contribution is 2.16. The lowest BCUT2D eigenvalue weighted by Crippen LogP contribution is -2.38. The van der Waals surface area contributed by atoms with Crippen LogP contribution in [0, 0.1) is 13.8 Å². The summed E-state index contributed by atoms with van der Waals surface area (Å²) >= 11 is 1.42. The molecule has 1 heterocycles. The van der Waals surface area contributed by atoms with Crippen LogP contribution >= 0.6 is 11.3 Å². The smallest absolute Gasteiger partial charge is 0.254 e. The van der Waals surface area contributed by atoms with Gasteiger partial charge < -0.3 is 10.2 Å². The van der Waals surface area contributed by atoms with E-state index in [2.05, 4.69) is 10.3 Å². The number of benzene rings is 1. The third kappa shape index (κ3) is 4.89. The maximum Gasteiger partial charge on any atom is 0.254 e. The van der Waals surface area contributed by atoms with Crippen molar-refractivity contribution in [3.63, 3.8) is 0 Å². The fourth-order valence-electron chi connectivity index (χ4n) is 2.15. The van der Waals surface area contributed by atoms with Crippen LogP contribution in [-0.2, 0) is 4.79 Å². The Morgan fingerprint density at radius 3 is 2.48 bits per heavy atom. The number of aromatic nitrogens is 1. The van der Waals surface area contributed by atoms with Crippen LogP contribution in [0.2, 0.25) is 0 Å². The Kier molecular flexibility index (Phi) is 5.87. The molecule has 122 valence electrons. The number of hydrogen-bond acceptors (Lipinski definition) is 4. The summed E-state index contributed by atoms with van der Waals surface area (Å²) in [6, 6.07) is 7.39. The van der Waals surface area contributed by atoms with Crippen LogP contribution in [0.3, 0.4) is 0 Å². The lowest BCUT2D eigenvalue weighted by atomic mass is 10.1. The fraction of sp³-hybridized carbons (Fsp3) is 0.353. The number of hydrogen-bond donors (Lipinski definition) is 1. The highest BCUT2D eigenvalue weighted by Gasteiger charge is 2.18. The maximum absolute atomic E-state index is 12.6. The molecule has 1 N–H and O–H groups in total. The minimum absolute atomic E-state index is 0.0270. The molecule has 0 bridgehead atoms. The molecule has 0 spiro atoms. The van der Waals surface area contributed by atoms with Crippen LogP contribution in [0.5, 0.6) is 0 Å². The van der Waals surface area contributed by atoms with Gasteiger partial charge in [-0.1, -0.05) is 24.6 Å². The van der Waals surface area contributed by atoms with Crippen molar-refractivity contribution < 1.29 is 9.59 Å². The number of rotatable bonds is 6. The summed E-state index contributed by atoms with van der Waals surface area (Å²) in [5.41, 5.74) is 1.70. The van der Waals surface area contributed by atoms with E-state index >= 15 is 0 Å². The zero-order chi connectivity index (χ0) is 16.8. The minimum Gasteiger partial charge on any atom is -0.329 e. The second-order valence-electron chi connectivity index (χ2n) is 5.42. The molecule has 1 aromatic heterocycles. The van der Waals surface area contributed by atoms with Crippen LogP contribution in [0.1, 0.15) is 34.1 Å². The summed E-state index contributed by atoms with van der Waals surface area (Å²) in [4.78, 5) is 31.4. The number of aryl methyl sites for hydroxylation is 2. The Morgan fingerprint density at radius 1 is 1.22 bits per heavy atom. The van der Waals surface area contributed by atoms with E-state index in [1.165, 1.54) is 11.3 Å². The zero-order valence-electron chi connectivity index (χ0n) is 13.6. The van der Waals surface area contributed by atoms with Gasteiger partial charge in [-0.2, -0.15) is 0 Å². The van der Waals surface area contributed by atoms with E-state index < -0.39 is 0 Å². The molecule has 0 atom stereocenters. The summed E-state index contributed by atoms with van der Waals surface area (Å²) in [6.07, 6.45) is 2.50. The van der Waals surface area contributed by atoms with Gasteiger partial charge in [0.2, 0.25) is 5.91 Å². The topological polar surface area (TPSA) is 62.3 Å². The van der Waals surface area contributed by atoms with Gasteiger partial charge in [0.1, 0.15) is 6.54 Å².